The van der Waals surface area contributed by atoms with E-state index in [1.54, 1.807) is 0 Å². The fourth-order valence-corrected chi connectivity index (χ4v) is 3.64. The number of nitrogens with zero attached hydrogens (tertiary/aromatic N) is 1. The SMILES string of the molecule is O=C(NOCC1CC1)c1ccc([N+](=O)[O-])cc1Nc1ccc(I)cc1Br. The minimum Gasteiger partial charge on any atom is -0.354 e. The molecule has 1 aliphatic rings. The van der Waals surface area contributed by atoms with Crippen LogP contribution in [0.5, 0.6) is 0 Å². The highest BCUT2D eigenvalue weighted by Gasteiger charge is 2.23. The Labute approximate surface area is 171 Å². The van der Waals surface area contributed by atoms with Gasteiger partial charge in [0.15, 0.2) is 0 Å². The lowest BCUT2D eigenvalue weighted by Gasteiger charge is -2.13. The molecule has 1 aliphatic carbocycles. The van der Waals surface area contributed by atoms with Crippen molar-refractivity contribution >= 4 is 61.5 Å². The summed E-state index contributed by atoms with van der Waals surface area (Å²) in [5.74, 6) is 0.0529. The van der Waals surface area contributed by atoms with E-state index >= 15 is 0 Å². The summed E-state index contributed by atoms with van der Waals surface area (Å²) < 4.78 is 1.82. The second-order valence-corrected chi connectivity index (χ2v) is 8.02. The molecule has 0 saturated heterocycles. The Hall–Kier alpha value is -1.72. The van der Waals surface area contributed by atoms with Gasteiger partial charge in [-0.15, -0.1) is 0 Å². The molecule has 0 unspecified atom stereocenters. The van der Waals surface area contributed by atoms with Gasteiger partial charge in [-0.25, -0.2) is 5.48 Å². The molecule has 136 valence electrons. The second-order valence-electron chi connectivity index (χ2n) is 5.92. The molecule has 0 radical (unpaired) electrons. The average Bonchev–Trinajstić information content (AvgIpc) is 3.41. The monoisotopic (exact) mass is 531 g/mol. The number of carbonyl (C=O) groups is 1. The fourth-order valence-electron chi connectivity index (χ4n) is 2.25. The van der Waals surface area contributed by atoms with Crippen LogP contribution in [0.2, 0.25) is 0 Å². The van der Waals surface area contributed by atoms with E-state index in [0.29, 0.717) is 23.9 Å². The van der Waals surface area contributed by atoms with Crippen LogP contribution in [-0.4, -0.2) is 17.4 Å². The van der Waals surface area contributed by atoms with Crippen LogP contribution in [0.15, 0.2) is 40.9 Å². The quantitative estimate of drug-likeness (QED) is 0.305. The summed E-state index contributed by atoms with van der Waals surface area (Å²) in [6.07, 6.45) is 2.22. The molecule has 1 fully saturated rings. The summed E-state index contributed by atoms with van der Waals surface area (Å²) in [4.78, 5) is 28.2. The third-order valence-corrected chi connectivity index (χ3v) is 5.17. The number of nitro benzene ring substituents is 1. The molecule has 1 saturated carbocycles. The van der Waals surface area contributed by atoms with E-state index in [1.165, 1.54) is 18.2 Å². The highest BCUT2D eigenvalue weighted by atomic mass is 127. The number of amides is 1. The molecule has 0 aliphatic heterocycles. The zero-order valence-corrected chi connectivity index (χ0v) is 17.2. The van der Waals surface area contributed by atoms with E-state index in [1.807, 2.05) is 18.2 Å². The number of hydroxylamine groups is 1. The topological polar surface area (TPSA) is 93.5 Å². The van der Waals surface area contributed by atoms with Crippen LogP contribution in [0.25, 0.3) is 0 Å². The van der Waals surface area contributed by atoms with Gasteiger partial charge in [-0.3, -0.25) is 19.7 Å². The van der Waals surface area contributed by atoms with Gasteiger partial charge in [0.05, 0.1) is 28.5 Å². The van der Waals surface area contributed by atoms with Gasteiger partial charge < -0.3 is 5.32 Å². The van der Waals surface area contributed by atoms with Gasteiger partial charge in [0.1, 0.15) is 0 Å². The lowest BCUT2D eigenvalue weighted by Crippen LogP contribution is -2.25. The predicted molar refractivity (Wildman–Crippen MR) is 109 cm³/mol. The number of hydrogen-bond donors (Lipinski definition) is 2. The maximum atomic E-state index is 12.4. The third kappa shape index (κ3) is 4.92. The van der Waals surface area contributed by atoms with Crippen LogP contribution in [0, 0.1) is 19.6 Å². The van der Waals surface area contributed by atoms with Crippen LogP contribution >= 0.6 is 38.5 Å². The lowest BCUT2D eigenvalue weighted by molar-refractivity contribution is -0.384. The summed E-state index contributed by atoms with van der Waals surface area (Å²) in [5.41, 5.74) is 3.58. The summed E-state index contributed by atoms with van der Waals surface area (Å²) in [6.45, 7) is 0.476. The first-order chi connectivity index (χ1) is 12.4. The smallest absolute Gasteiger partial charge is 0.276 e. The Morgan fingerprint density at radius 2 is 2.04 bits per heavy atom. The zero-order valence-electron chi connectivity index (χ0n) is 13.5. The van der Waals surface area contributed by atoms with Crippen LogP contribution in [0.3, 0.4) is 0 Å². The molecule has 2 N–H and O–H groups in total. The van der Waals surface area contributed by atoms with E-state index in [4.69, 9.17) is 4.84 Å². The number of carbonyl (C=O) groups excluding carboxylic acids is 1. The molecule has 2 aromatic carbocycles. The summed E-state index contributed by atoms with van der Waals surface area (Å²) in [5, 5.41) is 14.2. The molecule has 0 heterocycles. The molecule has 1 amide bonds. The Morgan fingerprint density at radius 1 is 1.27 bits per heavy atom. The molecule has 0 atom stereocenters. The van der Waals surface area contributed by atoms with Crippen LogP contribution < -0.4 is 10.8 Å². The molecule has 9 heteroatoms. The number of anilines is 2. The van der Waals surface area contributed by atoms with Gasteiger partial charge in [0.2, 0.25) is 0 Å². The van der Waals surface area contributed by atoms with Crippen LogP contribution in [-0.2, 0) is 4.84 Å². The molecule has 0 spiro atoms. The van der Waals surface area contributed by atoms with Crippen molar-refractivity contribution in [3.63, 3.8) is 0 Å². The van der Waals surface area contributed by atoms with Crippen LogP contribution in [0.4, 0.5) is 17.1 Å². The van der Waals surface area contributed by atoms with Gasteiger partial charge in [0, 0.05) is 20.2 Å². The molecule has 0 bridgehead atoms. The van der Waals surface area contributed by atoms with Gasteiger partial charge in [-0.05, 0) is 81.5 Å². The first-order valence-electron chi connectivity index (χ1n) is 7.86. The second kappa shape index (κ2) is 8.31. The first kappa shape index (κ1) is 19.1. The minimum atomic E-state index is -0.501. The van der Waals surface area contributed by atoms with Crippen molar-refractivity contribution in [1.82, 2.24) is 5.48 Å². The number of nitrogens with one attached hydrogen (secondary N) is 2. The Balaban J connectivity index is 1.85. The fraction of sp³-hybridized carbons (Fsp3) is 0.235. The summed E-state index contributed by atoms with van der Waals surface area (Å²) in [7, 11) is 0. The summed E-state index contributed by atoms with van der Waals surface area (Å²) >= 11 is 5.63. The van der Waals surface area contributed by atoms with Crippen molar-refractivity contribution in [3.05, 3.63) is 60.1 Å². The number of hydrogen-bond acceptors (Lipinski definition) is 5. The molecular formula is C17H15BrIN3O4. The average molecular weight is 532 g/mol. The van der Waals surface area contributed by atoms with Gasteiger partial charge in [0.25, 0.3) is 11.6 Å². The minimum absolute atomic E-state index is 0.107. The standard InChI is InChI=1S/C17H15BrIN3O4/c18-14-7-11(19)3-6-15(14)20-16-8-12(22(24)25)4-5-13(16)17(23)21-26-9-10-1-2-10/h3-8,10,20H,1-2,9H2,(H,21,23). The van der Waals surface area contributed by atoms with Gasteiger partial charge in [-0.1, -0.05) is 0 Å². The highest BCUT2D eigenvalue weighted by Crippen LogP contribution is 2.31. The van der Waals surface area contributed by atoms with Crippen molar-refractivity contribution in [3.8, 4) is 0 Å². The maximum Gasteiger partial charge on any atom is 0.276 e. The van der Waals surface area contributed by atoms with E-state index in [0.717, 1.165) is 20.9 Å². The molecule has 26 heavy (non-hydrogen) atoms. The first-order valence-corrected chi connectivity index (χ1v) is 9.74. The van der Waals surface area contributed by atoms with Crippen molar-refractivity contribution in [2.75, 3.05) is 11.9 Å². The number of non-ortho nitro benzene ring substituents is 1. The van der Waals surface area contributed by atoms with Gasteiger partial charge in [-0.2, -0.15) is 0 Å². The summed E-state index contributed by atoms with van der Waals surface area (Å²) in [6, 6.07) is 9.67. The van der Waals surface area contributed by atoms with E-state index in [2.05, 4.69) is 49.3 Å². The van der Waals surface area contributed by atoms with Gasteiger partial charge >= 0.3 is 0 Å². The lowest BCUT2D eigenvalue weighted by atomic mass is 10.1. The van der Waals surface area contributed by atoms with E-state index in [-0.39, 0.29) is 11.3 Å². The Kier molecular flexibility index (Phi) is 6.09. The number of benzene rings is 2. The van der Waals surface area contributed by atoms with Crippen molar-refractivity contribution in [1.29, 1.82) is 0 Å². The third-order valence-electron chi connectivity index (χ3n) is 3.84. The number of rotatable bonds is 7. The maximum absolute atomic E-state index is 12.4. The van der Waals surface area contributed by atoms with Crippen LogP contribution in [0.1, 0.15) is 23.2 Å². The van der Waals surface area contributed by atoms with Crippen molar-refractivity contribution in [2.24, 2.45) is 5.92 Å². The Bertz CT molecular complexity index is 858. The zero-order chi connectivity index (χ0) is 18.7. The van der Waals surface area contributed by atoms with Crippen molar-refractivity contribution < 1.29 is 14.6 Å². The Morgan fingerprint density at radius 3 is 2.69 bits per heavy atom. The molecule has 0 aromatic heterocycles. The number of halogens is 2. The van der Waals surface area contributed by atoms with E-state index in [9.17, 15) is 14.9 Å². The predicted octanol–water partition coefficient (Wildman–Crippen LogP) is 4.78. The molecule has 7 nitrogen and oxygen atoms in total. The largest absolute Gasteiger partial charge is 0.354 e. The molecule has 3 rings (SSSR count). The number of nitro groups is 1. The van der Waals surface area contributed by atoms with Crippen molar-refractivity contribution in [2.45, 2.75) is 12.8 Å². The highest BCUT2D eigenvalue weighted by molar-refractivity contribution is 14.1. The molecular weight excluding hydrogens is 517 g/mol. The van der Waals surface area contributed by atoms with E-state index < -0.39 is 10.8 Å². The normalized spacial score (nSPS) is 13.3. The molecule has 2 aromatic rings.